The minimum atomic E-state index is -0.740. The summed E-state index contributed by atoms with van der Waals surface area (Å²) in [5, 5.41) is 3.23. The predicted octanol–water partition coefficient (Wildman–Crippen LogP) is 4.79. The smallest absolute Gasteiger partial charge is 0.338 e. The van der Waals surface area contributed by atoms with Gasteiger partial charge in [0.1, 0.15) is 16.4 Å². The quantitative estimate of drug-likeness (QED) is 0.264. The zero-order valence-electron chi connectivity index (χ0n) is 19.9. The van der Waals surface area contributed by atoms with Crippen LogP contribution in [0.3, 0.4) is 0 Å². The monoisotopic (exact) mass is 506 g/mol. The molecule has 36 heavy (non-hydrogen) atoms. The van der Waals surface area contributed by atoms with Gasteiger partial charge in [-0.3, -0.25) is 9.59 Å². The van der Waals surface area contributed by atoms with Crippen LogP contribution in [0.1, 0.15) is 35.1 Å². The van der Waals surface area contributed by atoms with Gasteiger partial charge in [0.05, 0.1) is 17.9 Å². The van der Waals surface area contributed by atoms with Crippen molar-refractivity contribution in [2.75, 3.05) is 16.8 Å². The molecule has 0 saturated heterocycles. The number of aryl methyl sites for hydroxylation is 2. The van der Waals surface area contributed by atoms with Crippen molar-refractivity contribution in [3.05, 3.63) is 88.0 Å². The van der Waals surface area contributed by atoms with E-state index < -0.39 is 23.6 Å². The number of nitrogens with zero attached hydrogens (tertiary/aromatic N) is 3. The van der Waals surface area contributed by atoms with Gasteiger partial charge in [0.25, 0.3) is 11.8 Å². The Hall–Kier alpha value is -4.05. The summed E-state index contributed by atoms with van der Waals surface area (Å²) >= 11 is 0.913. The first-order valence-corrected chi connectivity index (χ1v) is 12.0. The van der Waals surface area contributed by atoms with Crippen molar-refractivity contribution in [1.29, 1.82) is 0 Å². The molecule has 0 atom stereocenters. The van der Waals surface area contributed by atoms with Gasteiger partial charge in [-0.25, -0.2) is 24.1 Å². The minimum absolute atomic E-state index is 0.00668. The van der Waals surface area contributed by atoms with Crippen molar-refractivity contribution < 1.29 is 23.5 Å². The third-order valence-electron chi connectivity index (χ3n) is 5.09. The van der Waals surface area contributed by atoms with E-state index in [1.165, 1.54) is 30.3 Å². The van der Waals surface area contributed by atoms with Crippen molar-refractivity contribution in [1.82, 2.24) is 9.97 Å². The van der Waals surface area contributed by atoms with E-state index in [2.05, 4.69) is 15.3 Å². The molecule has 2 amide bonds. The summed E-state index contributed by atoms with van der Waals surface area (Å²) in [5.41, 5.74) is 1.81. The summed E-state index contributed by atoms with van der Waals surface area (Å²) in [6.45, 7) is 5.76. The lowest BCUT2D eigenvalue weighted by atomic mass is 10.2. The maximum atomic E-state index is 14.6. The number of anilines is 2. The first kappa shape index (κ1) is 25.1. The molecular weight excluding hydrogens is 483 g/mol. The molecule has 1 aliphatic heterocycles. The Bertz CT molecular complexity index is 1370. The van der Waals surface area contributed by atoms with Gasteiger partial charge in [-0.2, -0.15) is 0 Å². The van der Waals surface area contributed by atoms with Crippen molar-refractivity contribution in [2.45, 2.75) is 32.3 Å². The minimum Gasteiger partial charge on any atom is -0.462 e. The number of hydrogen-bond donors (Lipinski definition) is 1. The topological polar surface area (TPSA) is 101 Å². The highest BCUT2D eigenvalue weighted by molar-refractivity contribution is 8.04. The van der Waals surface area contributed by atoms with Gasteiger partial charge in [0.2, 0.25) is 0 Å². The molecule has 4 rings (SSSR count). The SMILES string of the molecule is CCCOC(=O)c1cccc(NC2=C(Sc3nc(C)cc(C)n3)C(=O)N(c3ccccc3F)C2=O)c1. The van der Waals surface area contributed by atoms with E-state index in [9.17, 15) is 18.8 Å². The third kappa shape index (κ3) is 5.28. The van der Waals surface area contributed by atoms with Crippen molar-refractivity contribution in [3.8, 4) is 0 Å². The summed E-state index contributed by atoms with van der Waals surface area (Å²) < 4.78 is 19.8. The molecule has 10 heteroatoms. The Kier molecular flexibility index (Phi) is 7.44. The first-order chi connectivity index (χ1) is 17.3. The van der Waals surface area contributed by atoms with Crippen LogP contribution in [-0.4, -0.2) is 34.4 Å². The van der Waals surface area contributed by atoms with E-state index in [1.807, 2.05) is 6.92 Å². The predicted molar refractivity (Wildman–Crippen MR) is 134 cm³/mol. The molecular formula is C26H23FN4O4S. The van der Waals surface area contributed by atoms with Gasteiger partial charge >= 0.3 is 5.97 Å². The molecule has 0 saturated carbocycles. The molecule has 0 bridgehead atoms. The molecule has 3 aromatic rings. The van der Waals surface area contributed by atoms with Crippen molar-refractivity contribution in [2.24, 2.45) is 0 Å². The second kappa shape index (κ2) is 10.7. The second-order valence-electron chi connectivity index (χ2n) is 7.98. The fourth-order valence-corrected chi connectivity index (χ4v) is 4.52. The fourth-order valence-electron chi connectivity index (χ4n) is 3.54. The fraction of sp³-hybridized carbons (Fsp3) is 0.192. The number of ether oxygens (including phenoxy) is 1. The van der Waals surface area contributed by atoms with E-state index in [4.69, 9.17) is 4.74 Å². The molecule has 1 aliphatic rings. The first-order valence-electron chi connectivity index (χ1n) is 11.2. The number of hydrogen-bond acceptors (Lipinski definition) is 8. The van der Waals surface area contributed by atoms with E-state index in [1.54, 1.807) is 38.1 Å². The number of imide groups is 1. The molecule has 8 nitrogen and oxygen atoms in total. The number of carbonyl (C=O) groups excluding carboxylic acids is 3. The Balaban J connectivity index is 1.74. The number of halogens is 1. The average molecular weight is 507 g/mol. The molecule has 184 valence electrons. The van der Waals surface area contributed by atoms with Crippen LogP contribution in [-0.2, 0) is 14.3 Å². The standard InChI is InChI=1S/C26H23FN4O4S/c1-4-12-35-25(34)17-8-7-9-18(14-17)30-21-22(36-26-28-15(2)13-16(3)29-26)24(33)31(23(21)32)20-11-6-5-10-19(20)27/h5-11,13-14,30H,4,12H2,1-3H3. The second-order valence-corrected chi connectivity index (χ2v) is 8.96. The van der Waals surface area contributed by atoms with Gasteiger partial charge in [-0.1, -0.05) is 25.1 Å². The normalized spacial score (nSPS) is 13.4. The van der Waals surface area contributed by atoms with Crippen LogP contribution in [0.5, 0.6) is 0 Å². The largest absolute Gasteiger partial charge is 0.462 e. The molecule has 1 aromatic heterocycles. The zero-order valence-corrected chi connectivity index (χ0v) is 20.7. The molecule has 1 N–H and O–H groups in total. The number of amides is 2. The molecule has 2 heterocycles. The van der Waals surface area contributed by atoms with Gasteiger partial charge < -0.3 is 10.1 Å². The summed E-state index contributed by atoms with van der Waals surface area (Å²) in [6, 6.07) is 13.7. The Morgan fingerprint density at radius 3 is 2.44 bits per heavy atom. The molecule has 0 spiro atoms. The summed E-state index contributed by atoms with van der Waals surface area (Å²) in [5.74, 6) is -2.67. The van der Waals surface area contributed by atoms with Crippen LogP contribution in [0.4, 0.5) is 15.8 Å². The van der Waals surface area contributed by atoms with Gasteiger partial charge in [0, 0.05) is 17.1 Å². The third-order valence-corrected chi connectivity index (χ3v) is 6.04. The van der Waals surface area contributed by atoms with Crippen molar-refractivity contribution >= 4 is 40.9 Å². The van der Waals surface area contributed by atoms with E-state index in [0.29, 0.717) is 23.5 Å². The summed E-state index contributed by atoms with van der Waals surface area (Å²) in [7, 11) is 0. The van der Waals surface area contributed by atoms with Crippen LogP contribution in [0, 0.1) is 19.7 Å². The van der Waals surface area contributed by atoms with E-state index >= 15 is 0 Å². The lowest BCUT2D eigenvalue weighted by Gasteiger charge is -2.16. The highest BCUT2D eigenvalue weighted by Gasteiger charge is 2.41. The number of para-hydroxylation sites is 1. The van der Waals surface area contributed by atoms with Crippen LogP contribution in [0.2, 0.25) is 0 Å². The highest BCUT2D eigenvalue weighted by atomic mass is 32.2. The summed E-state index contributed by atoms with van der Waals surface area (Å²) in [6.07, 6.45) is 0.681. The number of nitrogens with one attached hydrogen (secondary N) is 1. The number of carbonyl (C=O) groups is 3. The highest BCUT2D eigenvalue weighted by Crippen LogP contribution is 2.37. The van der Waals surface area contributed by atoms with Crippen LogP contribution in [0.15, 0.2) is 70.4 Å². The van der Waals surface area contributed by atoms with E-state index in [-0.39, 0.29) is 33.6 Å². The van der Waals surface area contributed by atoms with Gasteiger partial charge in [0.15, 0.2) is 5.16 Å². The number of rotatable bonds is 8. The van der Waals surface area contributed by atoms with Crippen LogP contribution < -0.4 is 10.2 Å². The van der Waals surface area contributed by atoms with Crippen LogP contribution >= 0.6 is 11.8 Å². The number of thioether (sulfide) groups is 1. The maximum absolute atomic E-state index is 14.6. The summed E-state index contributed by atoms with van der Waals surface area (Å²) in [4.78, 5) is 48.7. The zero-order chi connectivity index (χ0) is 25.8. The Labute approximate surface area is 211 Å². The maximum Gasteiger partial charge on any atom is 0.338 e. The molecule has 0 unspecified atom stereocenters. The number of aromatic nitrogens is 2. The van der Waals surface area contributed by atoms with Gasteiger partial charge in [-0.15, -0.1) is 0 Å². The molecule has 0 aliphatic carbocycles. The molecule has 2 aromatic carbocycles. The molecule has 0 radical (unpaired) electrons. The Morgan fingerprint density at radius 2 is 1.75 bits per heavy atom. The number of esters is 1. The lowest BCUT2D eigenvalue weighted by molar-refractivity contribution is -0.120. The van der Waals surface area contributed by atoms with Crippen LogP contribution in [0.25, 0.3) is 0 Å². The lowest BCUT2D eigenvalue weighted by Crippen LogP contribution is -2.33. The van der Waals surface area contributed by atoms with Gasteiger partial charge in [-0.05, 0) is 68.4 Å². The molecule has 0 fully saturated rings. The Morgan fingerprint density at radius 1 is 1.03 bits per heavy atom. The average Bonchev–Trinajstić information content (AvgIpc) is 3.06. The number of benzene rings is 2. The van der Waals surface area contributed by atoms with E-state index in [0.717, 1.165) is 16.7 Å². The van der Waals surface area contributed by atoms with Crippen molar-refractivity contribution in [3.63, 3.8) is 0 Å².